The zero-order valence-corrected chi connectivity index (χ0v) is 16.7. The van der Waals surface area contributed by atoms with Crippen molar-refractivity contribution in [3.8, 4) is 11.4 Å². The highest BCUT2D eigenvalue weighted by molar-refractivity contribution is 9.10. The molecule has 9 heteroatoms. The smallest absolute Gasteiger partial charge is 0.269 e. The quantitative estimate of drug-likeness (QED) is 0.227. The van der Waals surface area contributed by atoms with Crippen molar-refractivity contribution in [3.63, 3.8) is 0 Å². The van der Waals surface area contributed by atoms with Crippen LogP contribution in [0.2, 0.25) is 0 Å². The summed E-state index contributed by atoms with van der Waals surface area (Å²) < 4.78 is 2.94. The summed E-state index contributed by atoms with van der Waals surface area (Å²) in [4.78, 5) is 22.6. The second-order valence-electron chi connectivity index (χ2n) is 5.57. The summed E-state index contributed by atoms with van der Waals surface area (Å²) in [6.07, 6.45) is 0. The number of nitrogens with zero attached hydrogens (tertiary/aromatic N) is 4. The maximum atomic E-state index is 12.4. The molecular formula is C18H15BrN4O3S. The van der Waals surface area contributed by atoms with Gasteiger partial charge < -0.3 is 4.57 Å². The predicted molar refractivity (Wildman–Crippen MR) is 107 cm³/mol. The van der Waals surface area contributed by atoms with E-state index in [-0.39, 0.29) is 17.2 Å². The van der Waals surface area contributed by atoms with Crippen molar-refractivity contribution < 1.29 is 9.72 Å². The number of hydrogen-bond donors (Lipinski definition) is 0. The first-order chi connectivity index (χ1) is 13.0. The summed E-state index contributed by atoms with van der Waals surface area (Å²) in [6.45, 7) is 2.67. The van der Waals surface area contributed by atoms with E-state index in [1.54, 1.807) is 0 Å². The van der Waals surface area contributed by atoms with Crippen LogP contribution in [0.25, 0.3) is 11.4 Å². The van der Waals surface area contributed by atoms with Crippen molar-refractivity contribution in [1.82, 2.24) is 14.8 Å². The van der Waals surface area contributed by atoms with Gasteiger partial charge in [0.2, 0.25) is 0 Å². The molecule has 0 spiro atoms. The summed E-state index contributed by atoms with van der Waals surface area (Å²) in [5.41, 5.74) is 1.34. The molecule has 0 aliphatic rings. The van der Waals surface area contributed by atoms with Crippen LogP contribution in [0.4, 0.5) is 5.69 Å². The van der Waals surface area contributed by atoms with Crippen molar-refractivity contribution in [2.24, 2.45) is 0 Å². The summed E-state index contributed by atoms with van der Waals surface area (Å²) in [5, 5.41) is 19.8. The van der Waals surface area contributed by atoms with Gasteiger partial charge in [-0.25, -0.2) is 0 Å². The van der Waals surface area contributed by atoms with Crippen LogP contribution in [0.3, 0.4) is 0 Å². The zero-order valence-electron chi connectivity index (χ0n) is 14.3. The minimum Gasteiger partial charge on any atom is -0.302 e. The molecule has 0 saturated heterocycles. The van der Waals surface area contributed by atoms with E-state index in [1.807, 2.05) is 35.8 Å². The van der Waals surface area contributed by atoms with E-state index < -0.39 is 4.92 Å². The summed E-state index contributed by atoms with van der Waals surface area (Å²) in [5.74, 6) is 0.803. The average Bonchev–Trinajstić information content (AvgIpc) is 3.09. The van der Waals surface area contributed by atoms with E-state index in [0.717, 1.165) is 15.9 Å². The topological polar surface area (TPSA) is 90.9 Å². The van der Waals surface area contributed by atoms with E-state index in [0.29, 0.717) is 17.3 Å². The normalized spacial score (nSPS) is 10.7. The number of carbonyl (C=O) groups excluding carboxylic acids is 1. The van der Waals surface area contributed by atoms with Gasteiger partial charge in [-0.1, -0.05) is 39.8 Å². The lowest BCUT2D eigenvalue weighted by atomic mass is 10.1. The van der Waals surface area contributed by atoms with Crippen molar-refractivity contribution in [2.45, 2.75) is 18.6 Å². The Balaban J connectivity index is 1.73. The van der Waals surface area contributed by atoms with Gasteiger partial charge in [0.25, 0.3) is 5.69 Å². The first kappa shape index (κ1) is 19.2. The van der Waals surface area contributed by atoms with Gasteiger partial charge in [-0.2, -0.15) is 0 Å². The molecule has 3 rings (SSSR count). The Labute approximate surface area is 168 Å². The van der Waals surface area contributed by atoms with Crippen molar-refractivity contribution in [1.29, 1.82) is 0 Å². The molecule has 0 bridgehead atoms. The molecule has 27 heavy (non-hydrogen) atoms. The second-order valence-corrected chi connectivity index (χ2v) is 7.43. The third-order valence-electron chi connectivity index (χ3n) is 3.87. The minimum atomic E-state index is -0.490. The molecule has 0 unspecified atom stereocenters. The number of thioether (sulfide) groups is 1. The summed E-state index contributed by atoms with van der Waals surface area (Å²) >= 11 is 4.71. The molecule has 3 aromatic rings. The maximum absolute atomic E-state index is 12.4. The Morgan fingerprint density at radius 2 is 1.81 bits per heavy atom. The van der Waals surface area contributed by atoms with Gasteiger partial charge in [-0.05, 0) is 31.2 Å². The van der Waals surface area contributed by atoms with Gasteiger partial charge >= 0.3 is 0 Å². The number of nitro benzene ring substituents is 1. The number of Topliss-reactive ketones (excluding diaryl/α,β-unsaturated/α-hetero) is 1. The van der Waals surface area contributed by atoms with Gasteiger partial charge in [-0.15, -0.1) is 10.2 Å². The molecule has 0 radical (unpaired) electrons. The van der Waals surface area contributed by atoms with E-state index in [1.165, 1.54) is 36.0 Å². The predicted octanol–water partition coefficient (Wildman–Crippen LogP) is 4.61. The van der Waals surface area contributed by atoms with E-state index in [9.17, 15) is 14.9 Å². The minimum absolute atomic E-state index is 0.0379. The molecule has 1 aromatic heterocycles. The maximum Gasteiger partial charge on any atom is 0.269 e. The SMILES string of the molecule is CCn1c(SCC(=O)c2ccc([N+](=O)[O-])cc2)nnc1-c1ccc(Br)cc1. The standard InChI is InChI=1S/C18H15BrN4O3S/c1-2-22-17(13-3-7-14(19)8-4-13)20-21-18(22)27-11-16(24)12-5-9-15(10-6-12)23(25)26/h3-10H,2,11H2,1H3. The number of hydrogen-bond acceptors (Lipinski definition) is 6. The molecule has 0 aliphatic heterocycles. The van der Waals surface area contributed by atoms with Crippen LogP contribution in [0.15, 0.2) is 58.2 Å². The first-order valence-electron chi connectivity index (χ1n) is 8.09. The lowest BCUT2D eigenvalue weighted by Gasteiger charge is -2.07. The van der Waals surface area contributed by atoms with E-state index in [4.69, 9.17) is 0 Å². The Morgan fingerprint density at radius 1 is 1.15 bits per heavy atom. The number of carbonyl (C=O) groups is 1. The van der Waals surface area contributed by atoms with Crippen LogP contribution >= 0.6 is 27.7 Å². The fraction of sp³-hybridized carbons (Fsp3) is 0.167. The van der Waals surface area contributed by atoms with Crippen LogP contribution in [0.1, 0.15) is 17.3 Å². The van der Waals surface area contributed by atoms with E-state index in [2.05, 4.69) is 26.1 Å². The Morgan fingerprint density at radius 3 is 2.41 bits per heavy atom. The zero-order chi connectivity index (χ0) is 19.4. The first-order valence-corrected chi connectivity index (χ1v) is 9.87. The number of benzene rings is 2. The third kappa shape index (κ3) is 4.42. The molecule has 138 valence electrons. The number of non-ortho nitro benzene ring substituents is 1. The van der Waals surface area contributed by atoms with Crippen LogP contribution in [0.5, 0.6) is 0 Å². The molecule has 1 heterocycles. The van der Waals surface area contributed by atoms with Crippen molar-refractivity contribution in [3.05, 3.63) is 68.7 Å². The molecule has 0 N–H and O–H groups in total. The fourth-order valence-electron chi connectivity index (χ4n) is 2.48. The van der Waals surface area contributed by atoms with Crippen LogP contribution in [-0.2, 0) is 6.54 Å². The fourth-order valence-corrected chi connectivity index (χ4v) is 3.64. The highest BCUT2D eigenvalue weighted by Gasteiger charge is 2.16. The highest BCUT2D eigenvalue weighted by Crippen LogP contribution is 2.26. The molecule has 7 nitrogen and oxygen atoms in total. The Bertz CT molecular complexity index is 971. The Hall–Kier alpha value is -2.52. The number of halogens is 1. The van der Waals surface area contributed by atoms with Gasteiger partial charge in [0.1, 0.15) is 0 Å². The summed E-state index contributed by atoms with van der Waals surface area (Å²) in [6, 6.07) is 13.4. The van der Waals surface area contributed by atoms with Gasteiger partial charge in [-0.3, -0.25) is 14.9 Å². The summed E-state index contributed by atoms with van der Waals surface area (Å²) in [7, 11) is 0. The second kappa shape index (κ2) is 8.45. The lowest BCUT2D eigenvalue weighted by Crippen LogP contribution is -2.05. The van der Waals surface area contributed by atoms with Gasteiger partial charge in [0.15, 0.2) is 16.8 Å². The number of rotatable bonds is 7. The molecule has 2 aromatic carbocycles. The Kier molecular flexibility index (Phi) is 6.02. The third-order valence-corrected chi connectivity index (χ3v) is 5.36. The molecule has 0 fully saturated rings. The molecule has 0 saturated carbocycles. The number of ketones is 1. The van der Waals surface area contributed by atoms with Crippen molar-refractivity contribution >= 4 is 39.2 Å². The van der Waals surface area contributed by atoms with Crippen LogP contribution < -0.4 is 0 Å². The van der Waals surface area contributed by atoms with Crippen LogP contribution in [-0.4, -0.2) is 31.2 Å². The van der Waals surface area contributed by atoms with Crippen molar-refractivity contribution in [2.75, 3.05) is 5.75 Å². The van der Waals surface area contributed by atoms with Gasteiger partial charge in [0.05, 0.1) is 10.7 Å². The van der Waals surface area contributed by atoms with Gasteiger partial charge in [0, 0.05) is 34.3 Å². The number of aromatic nitrogens is 3. The monoisotopic (exact) mass is 446 g/mol. The van der Waals surface area contributed by atoms with Crippen LogP contribution in [0, 0.1) is 10.1 Å². The molecular weight excluding hydrogens is 432 g/mol. The highest BCUT2D eigenvalue weighted by atomic mass is 79.9. The molecule has 0 atom stereocenters. The molecule has 0 amide bonds. The largest absolute Gasteiger partial charge is 0.302 e. The average molecular weight is 447 g/mol. The van der Waals surface area contributed by atoms with E-state index >= 15 is 0 Å². The number of nitro groups is 1. The lowest BCUT2D eigenvalue weighted by molar-refractivity contribution is -0.384. The molecule has 0 aliphatic carbocycles.